The molecule has 5 heteroatoms. The maximum atomic E-state index is 12.9. The van der Waals surface area contributed by atoms with Crippen LogP contribution in [0.15, 0.2) is 82.0 Å². The SMILES string of the molecule is Cc1ccc2oc(=O)c(CC(=O)Nc3ccc(N(C)C)cc3)c(-c3ccccc3)c2c1. The molecule has 0 saturated heterocycles. The molecule has 156 valence electrons. The molecule has 0 unspecified atom stereocenters. The van der Waals surface area contributed by atoms with E-state index >= 15 is 0 Å². The highest BCUT2D eigenvalue weighted by Gasteiger charge is 2.19. The lowest BCUT2D eigenvalue weighted by Gasteiger charge is -2.14. The van der Waals surface area contributed by atoms with Gasteiger partial charge in [-0.25, -0.2) is 4.79 Å². The van der Waals surface area contributed by atoms with E-state index in [1.807, 2.05) is 92.6 Å². The first kappa shape index (κ1) is 20.4. The molecule has 5 nitrogen and oxygen atoms in total. The standard InChI is InChI=1S/C26H24N2O3/c1-17-9-14-23-21(15-17)25(18-7-5-4-6-8-18)22(26(30)31-23)16-24(29)27-19-10-12-20(13-11-19)28(2)3/h4-15H,16H2,1-3H3,(H,27,29). The van der Waals surface area contributed by atoms with Gasteiger partial charge >= 0.3 is 5.63 Å². The predicted octanol–water partition coefficient (Wildman–Crippen LogP) is 5.02. The third-order valence-corrected chi connectivity index (χ3v) is 5.22. The van der Waals surface area contributed by atoms with Gasteiger partial charge in [-0.15, -0.1) is 0 Å². The van der Waals surface area contributed by atoms with Gasteiger partial charge in [-0.1, -0.05) is 42.0 Å². The Morgan fingerprint density at radius 2 is 1.68 bits per heavy atom. The molecule has 3 aromatic carbocycles. The van der Waals surface area contributed by atoms with Crippen LogP contribution in [0, 0.1) is 6.92 Å². The zero-order valence-electron chi connectivity index (χ0n) is 17.8. The normalized spacial score (nSPS) is 10.8. The molecule has 0 fully saturated rings. The van der Waals surface area contributed by atoms with E-state index in [-0.39, 0.29) is 12.3 Å². The molecule has 0 spiro atoms. The van der Waals surface area contributed by atoms with Gasteiger partial charge in [-0.2, -0.15) is 0 Å². The maximum Gasteiger partial charge on any atom is 0.340 e. The van der Waals surface area contributed by atoms with Crippen molar-refractivity contribution in [3.05, 3.63) is 94.3 Å². The molecule has 0 atom stereocenters. The summed E-state index contributed by atoms with van der Waals surface area (Å²) in [4.78, 5) is 27.7. The summed E-state index contributed by atoms with van der Waals surface area (Å²) in [6, 6.07) is 22.9. The Labute approximate surface area is 180 Å². The highest BCUT2D eigenvalue weighted by molar-refractivity contribution is 5.99. The number of fused-ring (bicyclic) bond motifs is 1. The highest BCUT2D eigenvalue weighted by Crippen LogP contribution is 2.31. The van der Waals surface area contributed by atoms with E-state index in [0.717, 1.165) is 27.8 Å². The Balaban J connectivity index is 1.74. The lowest BCUT2D eigenvalue weighted by Crippen LogP contribution is -2.20. The average molecular weight is 412 g/mol. The predicted molar refractivity (Wildman–Crippen MR) is 126 cm³/mol. The Morgan fingerprint density at radius 1 is 0.968 bits per heavy atom. The number of nitrogens with one attached hydrogen (secondary N) is 1. The van der Waals surface area contributed by atoms with E-state index < -0.39 is 5.63 Å². The monoisotopic (exact) mass is 412 g/mol. The van der Waals surface area contributed by atoms with Crippen LogP contribution in [0.4, 0.5) is 11.4 Å². The van der Waals surface area contributed by atoms with Gasteiger partial charge in [0.25, 0.3) is 0 Å². The second-order valence-corrected chi connectivity index (χ2v) is 7.77. The van der Waals surface area contributed by atoms with Crippen LogP contribution in [0.5, 0.6) is 0 Å². The van der Waals surface area contributed by atoms with Crippen LogP contribution in [-0.4, -0.2) is 20.0 Å². The maximum absolute atomic E-state index is 12.9. The van der Waals surface area contributed by atoms with Crippen molar-refractivity contribution in [2.24, 2.45) is 0 Å². The molecular formula is C26H24N2O3. The van der Waals surface area contributed by atoms with E-state index in [2.05, 4.69) is 5.32 Å². The van der Waals surface area contributed by atoms with Gasteiger partial charge in [0.05, 0.1) is 12.0 Å². The fraction of sp³-hybridized carbons (Fsp3) is 0.154. The molecule has 0 aliphatic heterocycles. The molecular weight excluding hydrogens is 388 g/mol. The molecule has 0 radical (unpaired) electrons. The van der Waals surface area contributed by atoms with Gasteiger partial charge in [0.2, 0.25) is 5.91 Å². The Morgan fingerprint density at radius 3 is 2.35 bits per heavy atom. The van der Waals surface area contributed by atoms with Crippen molar-refractivity contribution in [1.29, 1.82) is 0 Å². The topological polar surface area (TPSA) is 62.6 Å². The second kappa shape index (κ2) is 8.48. The molecule has 1 N–H and O–H groups in total. The first-order valence-electron chi connectivity index (χ1n) is 10.1. The number of carbonyl (C=O) groups excluding carboxylic acids is 1. The minimum Gasteiger partial charge on any atom is -0.422 e. The van der Waals surface area contributed by atoms with E-state index in [1.165, 1.54) is 0 Å². The molecule has 1 amide bonds. The van der Waals surface area contributed by atoms with Crippen LogP contribution >= 0.6 is 0 Å². The number of amides is 1. The Bertz CT molecular complexity index is 1290. The minimum absolute atomic E-state index is 0.0775. The van der Waals surface area contributed by atoms with Crippen molar-refractivity contribution >= 4 is 28.3 Å². The summed E-state index contributed by atoms with van der Waals surface area (Å²) in [5, 5.41) is 3.71. The van der Waals surface area contributed by atoms with Crippen molar-refractivity contribution in [3.8, 4) is 11.1 Å². The van der Waals surface area contributed by atoms with E-state index in [9.17, 15) is 9.59 Å². The number of hydrogen-bond donors (Lipinski definition) is 1. The number of carbonyl (C=O) groups is 1. The van der Waals surface area contributed by atoms with Crippen molar-refractivity contribution in [2.45, 2.75) is 13.3 Å². The van der Waals surface area contributed by atoms with Gasteiger partial charge in [-0.3, -0.25) is 4.79 Å². The highest BCUT2D eigenvalue weighted by atomic mass is 16.4. The van der Waals surface area contributed by atoms with E-state index in [1.54, 1.807) is 6.07 Å². The molecule has 1 aromatic heterocycles. The van der Waals surface area contributed by atoms with Gasteiger partial charge in [0, 0.05) is 36.4 Å². The summed E-state index contributed by atoms with van der Waals surface area (Å²) in [5.74, 6) is -0.269. The number of anilines is 2. The molecule has 0 bridgehead atoms. The van der Waals surface area contributed by atoms with Crippen LogP contribution in [0.25, 0.3) is 22.1 Å². The quantitative estimate of drug-likeness (QED) is 0.468. The molecule has 1 heterocycles. The number of hydrogen-bond acceptors (Lipinski definition) is 4. The van der Waals surface area contributed by atoms with Crippen molar-refractivity contribution in [1.82, 2.24) is 0 Å². The van der Waals surface area contributed by atoms with Crippen LogP contribution in [0.3, 0.4) is 0 Å². The van der Waals surface area contributed by atoms with Gasteiger partial charge < -0.3 is 14.6 Å². The van der Waals surface area contributed by atoms with Crippen molar-refractivity contribution in [2.75, 3.05) is 24.3 Å². The number of benzene rings is 3. The zero-order valence-corrected chi connectivity index (χ0v) is 17.8. The average Bonchev–Trinajstić information content (AvgIpc) is 2.75. The molecule has 0 aliphatic rings. The summed E-state index contributed by atoms with van der Waals surface area (Å²) in [5.41, 5.74) is 4.76. The largest absolute Gasteiger partial charge is 0.422 e. The molecule has 31 heavy (non-hydrogen) atoms. The third-order valence-electron chi connectivity index (χ3n) is 5.22. The Hall–Kier alpha value is -3.86. The van der Waals surface area contributed by atoms with Gasteiger partial charge in [0.1, 0.15) is 5.58 Å². The lowest BCUT2D eigenvalue weighted by molar-refractivity contribution is -0.115. The lowest BCUT2D eigenvalue weighted by atomic mass is 9.94. The fourth-order valence-corrected chi connectivity index (χ4v) is 3.66. The number of nitrogens with zero attached hydrogens (tertiary/aromatic N) is 1. The minimum atomic E-state index is -0.492. The summed E-state index contributed by atoms with van der Waals surface area (Å²) >= 11 is 0. The van der Waals surface area contributed by atoms with Gasteiger partial charge in [-0.05, 0) is 48.9 Å². The van der Waals surface area contributed by atoms with Gasteiger partial charge in [0.15, 0.2) is 0 Å². The smallest absolute Gasteiger partial charge is 0.340 e. The molecule has 4 aromatic rings. The van der Waals surface area contributed by atoms with E-state index in [0.29, 0.717) is 16.8 Å². The fourth-order valence-electron chi connectivity index (χ4n) is 3.66. The first-order chi connectivity index (χ1) is 14.9. The van der Waals surface area contributed by atoms with Crippen molar-refractivity contribution < 1.29 is 9.21 Å². The second-order valence-electron chi connectivity index (χ2n) is 7.77. The zero-order chi connectivity index (χ0) is 22.0. The molecule has 0 aliphatic carbocycles. The summed E-state index contributed by atoms with van der Waals surface area (Å²) < 4.78 is 5.56. The molecule has 0 saturated carbocycles. The van der Waals surface area contributed by atoms with Crippen LogP contribution in [0.1, 0.15) is 11.1 Å². The van der Waals surface area contributed by atoms with E-state index in [4.69, 9.17) is 4.42 Å². The summed E-state index contributed by atoms with van der Waals surface area (Å²) in [6.45, 7) is 1.99. The van der Waals surface area contributed by atoms with Crippen LogP contribution < -0.4 is 15.8 Å². The van der Waals surface area contributed by atoms with Crippen molar-refractivity contribution in [3.63, 3.8) is 0 Å². The summed E-state index contributed by atoms with van der Waals surface area (Å²) in [7, 11) is 3.92. The third kappa shape index (κ3) is 4.36. The number of rotatable bonds is 5. The summed E-state index contributed by atoms with van der Waals surface area (Å²) in [6.07, 6.45) is -0.0775. The molecule has 4 rings (SSSR count). The number of aryl methyl sites for hydroxylation is 1. The van der Waals surface area contributed by atoms with Crippen LogP contribution in [0.2, 0.25) is 0 Å². The van der Waals surface area contributed by atoms with Crippen LogP contribution in [-0.2, 0) is 11.2 Å². The first-order valence-corrected chi connectivity index (χ1v) is 10.1. The Kier molecular flexibility index (Phi) is 5.58.